The summed E-state index contributed by atoms with van der Waals surface area (Å²) in [4.78, 5) is 20.3. The summed E-state index contributed by atoms with van der Waals surface area (Å²) in [5, 5.41) is 21.9. The van der Waals surface area contributed by atoms with Crippen molar-refractivity contribution in [3.8, 4) is 0 Å². The van der Waals surface area contributed by atoms with Gasteiger partial charge in [-0.05, 0) is 0 Å². The Bertz CT molecular complexity index is 291. The molecule has 0 saturated heterocycles. The second-order valence-electron chi connectivity index (χ2n) is 1.78. The van der Waals surface area contributed by atoms with Crippen LogP contribution >= 0.6 is 0 Å². The van der Waals surface area contributed by atoms with Crippen molar-refractivity contribution < 1.29 is 91.2 Å². The molecule has 1 heterocycles. The largest absolute Gasteiger partial charge is 0.477 e. The van der Waals surface area contributed by atoms with Gasteiger partial charge in [-0.3, -0.25) is 5.10 Å². The van der Waals surface area contributed by atoms with Gasteiger partial charge in [-0.2, -0.15) is 5.10 Å². The first-order valence-corrected chi connectivity index (χ1v) is 2.63. The summed E-state index contributed by atoms with van der Waals surface area (Å²) >= 11 is 0. The molecule has 0 atom stereocenters. The van der Waals surface area contributed by atoms with Gasteiger partial charge >= 0.3 is 11.9 Å². The maximum Gasteiger partial charge on any atom is 0.356 e. The molecular weight excluding hydrogens is 392 g/mol. The van der Waals surface area contributed by atoms with Gasteiger partial charge in [-0.25, -0.2) is 9.59 Å². The molecule has 0 spiro atoms. The van der Waals surface area contributed by atoms with E-state index in [0.717, 1.165) is 6.07 Å². The molecule has 0 radical (unpaired) electrons. The Labute approximate surface area is 131 Å². The van der Waals surface area contributed by atoms with Crippen LogP contribution in [-0.4, -0.2) is 48.8 Å². The molecule has 13 heteroatoms. The van der Waals surface area contributed by atoms with Gasteiger partial charge in [0.25, 0.3) is 0 Å². The van der Waals surface area contributed by atoms with E-state index in [9.17, 15) is 9.59 Å². The molecule has 18 heavy (non-hydrogen) atoms. The summed E-state index contributed by atoms with van der Waals surface area (Å²) in [6.45, 7) is 0. The Morgan fingerprint density at radius 2 is 1.39 bits per heavy atom. The predicted octanol–water partition coefficient (Wildman–Crippen LogP) is -3.60. The minimum absolute atomic E-state index is 0. The third-order valence-electron chi connectivity index (χ3n) is 1.03. The van der Waals surface area contributed by atoms with Gasteiger partial charge in [0.2, 0.25) is 0 Å². The number of carbonyl (C=O) groups is 2. The van der Waals surface area contributed by atoms with Crippen molar-refractivity contribution >= 4 is 11.9 Å². The number of carboxylic acids is 2. The van der Waals surface area contributed by atoms with Crippen LogP contribution in [0.5, 0.6) is 0 Å². The van der Waals surface area contributed by atoms with Crippen LogP contribution in [0.4, 0.5) is 0 Å². The van der Waals surface area contributed by atoms with Gasteiger partial charge < -0.3 is 32.1 Å². The van der Waals surface area contributed by atoms with Gasteiger partial charge in [0.05, 0.1) is 0 Å². The van der Waals surface area contributed by atoms with E-state index in [1.165, 1.54) is 0 Å². The zero-order valence-corrected chi connectivity index (χ0v) is 11.2. The van der Waals surface area contributed by atoms with E-state index < -0.39 is 11.9 Å². The van der Waals surface area contributed by atoms with Gasteiger partial charge in [-0.1, -0.05) is 0 Å². The van der Waals surface area contributed by atoms with Crippen LogP contribution in [0.1, 0.15) is 21.0 Å². The van der Waals surface area contributed by atoms with E-state index in [4.69, 9.17) is 10.2 Å². The minimum Gasteiger partial charge on any atom is -0.477 e. The molecule has 1 rings (SSSR count). The van der Waals surface area contributed by atoms with E-state index in [-0.39, 0.29) is 82.8 Å². The molecule has 0 aliphatic carbocycles. The third-order valence-corrected chi connectivity index (χ3v) is 1.03. The van der Waals surface area contributed by atoms with Crippen LogP contribution < -0.4 is 0 Å². The summed E-state index contributed by atoms with van der Waals surface area (Å²) in [5.74, 6) is -2.49. The van der Waals surface area contributed by atoms with E-state index in [0.29, 0.717) is 0 Å². The number of H-pyrrole nitrogens is 1. The van der Waals surface area contributed by atoms with Crippen LogP contribution in [0.2, 0.25) is 0 Å². The van der Waals surface area contributed by atoms with E-state index in [2.05, 4.69) is 10.2 Å². The second kappa shape index (κ2) is 18.8. The maximum atomic E-state index is 10.2. The molecule has 0 fully saturated rings. The SMILES string of the molecule is O.O.O.O=C(O)c1cc(C(=O)O)[nH]n1.[Ni].[Ni].[Ni].[OH3+]. The van der Waals surface area contributed by atoms with Gasteiger partial charge in [0.15, 0.2) is 5.69 Å². The summed E-state index contributed by atoms with van der Waals surface area (Å²) in [6, 6.07) is 0.949. The molecule has 0 amide bonds. The van der Waals surface area contributed by atoms with E-state index in [1.54, 1.807) is 0 Å². The first kappa shape index (κ1) is 43.2. The molecule has 0 aliphatic rings. The molecule has 0 unspecified atom stereocenters. The first-order chi connectivity index (χ1) is 5.11. The number of nitrogens with one attached hydrogen (secondary N) is 1. The number of aromatic nitrogens is 2. The van der Waals surface area contributed by atoms with Crippen molar-refractivity contribution in [1.82, 2.24) is 10.2 Å². The molecular formula is C5H13N2Ni3O8+. The van der Waals surface area contributed by atoms with Crippen LogP contribution in [-0.2, 0) is 55.0 Å². The molecule has 0 aliphatic heterocycles. The monoisotopic (exact) mass is 403 g/mol. The molecule has 1 aromatic heterocycles. The van der Waals surface area contributed by atoms with Gasteiger partial charge in [0.1, 0.15) is 5.69 Å². The predicted molar refractivity (Wildman–Crippen MR) is 48.2 cm³/mol. The zero-order valence-electron chi connectivity index (χ0n) is 8.26. The summed E-state index contributed by atoms with van der Waals surface area (Å²) < 4.78 is 0. The number of aromatic amines is 1. The Balaban J connectivity index is -0.0000000346. The van der Waals surface area contributed by atoms with Gasteiger partial charge in [0, 0.05) is 55.5 Å². The fraction of sp³-hybridized carbons (Fsp3) is 0. The number of carboxylic acid groups (broad SMARTS) is 2. The second-order valence-corrected chi connectivity index (χ2v) is 1.78. The fourth-order valence-electron chi connectivity index (χ4n) is 0.541. The molecule has 0 bridgehead atoms. The molecule has 12 N–H and O–H groups in total. The number of aromatic carboxylic acids is 2. The number of hydrogen-bond donors (Lipinski definition) is 3. The maximum absolute atomic E-state index is 10.2. The van der Waals surface area contributed by atoms with E-state index >= 15 is 0 Å². The average molecular weight is 405 g/mol. The van der Waals surface area contributed by atoms with E-state index in [1.807, 2.05) is 0 Å². The average Bonchev–Trinajstić information content (AvgIpc) is 2.33. The Hall–Kier alpha value is -0.529. The third kappa shape index (κ3) is 11.9. The van der Waals surface area contributed by atoms with Crippen LogP contribution in [0, 0.1) is 0 Å². The van der Waals surface area contributed by atoms with Crippen LogP contribution in [0.25, 0.3) is 0 Å². The van der Waals surface area contributed by atoms with Crippen molar-refractivity contribution in [2.24, 2.45) is 0 Å². The zero-order chi connectivity index (χ0) is 8.43. The molecule has 0 aromatic carbocycles. The summed E-state index contributed by atoms with van der Waals surface area (Å²) in [5.41, 5.74) is -0.537. The number of rotatable bonds is 2. The van der Waals surface area contributed by atoms with Crippen LogP contribution in [0.15, 0.2) is 6.07 Å². The Morgan fingerprint density at radius 1 is 1.00 bits per heavy atom. The quantitative estimate of drug-likeness (QED) is 0.333. The smallest absolute Gasteiger partial charge is 0.356 e. The normalized spacial score (nSPS) is 5.78. The Morgan fingerprint density at radius 3 is 1.56 bits per heavy atom. The summed E-state index contributed by atoms with van der Waals surface area (Å²) in [7, 11) is 0. The number of hydrogen-bond acceptors (Lipinski definition) is 3. The molecule has 1 aromatic rings. The van der Waals surface area contributed by atoms with Crippen molar-refractivity contribution in [1.29, 1.82) is 0 Å². The minimum atomic E-state index is -1.26. The van der Waals surface area contributed by atoms with Crippen LogP contribution in [0.3, 0.4) is 0 Å². The van der Waals surface area contributed by atoms with Crippen molar-refractivity contribution in [3.05, 3.63) is 17.5 Å². The first-order valence-electron chi connectivity index (χ1n) is 2.63. The molecule has 0 saturated carbocycles. The molecule has 10 nitrogen and oxygen atoms in total. The van der Waals surface area contributed by atoms with Gasteiger partial charge in [-0.15, -0.1) is 0 Å². The fourth-order valence-corrected chi connectivity index (χ4v) is 0.541. The Kier molecular flexibility index (Phi) is 45.2. The summed E-state index contributed by atoms with van der Waals surface area (Å²) in [6.07, 6.45) is 0. The topological polar surface area (TPSA) is 231 Å². The van der Waals surface area contributed by atoms with Crippen molar-refractivity contribution in [3.63, 3.8) is 0 Å². The van der Waals surface area contributed by atoms with Crippen molar-refractivity contribution in [2.45, 2.75) is 0 Å². The standard InChI is InChI=1S/C5H4N2O4.3Ni.4H2O/c8-4(9)2-1-3(5(10)11)7-6-2;;;;;;;/h1H,(H,6,7)(H,8,9)(H,10,11);;;;4*1H2/p+1. The molecule has 120 valence electrons. The number of nitrogens with zero attached hydrogens (tertiary/aromatic N) is 1. The van der Waals surface area contributed by atoms with Crippen molar-refractivity contribution in [2.75, 3.05) is 0 Å².